The van der Waals surface area contributed by atoms with E-state index in [1.165, 1.54) is 25.7 Å². The second-order valence-corrected chi connectivity index (χ2v) is 5.30. The number of pyridine rings is 1. The average Bonchev–Trinajstić information content (AvgIpc) is 2.43. The fourth-order valence-electron chi connectivity index (χ4n) is 2.57. The maximum Gasteiger partial charge on any atom is 0.119 e. The maximum absolute atomic E-state index is 10.2. The monoisotopic (exact) mass is 257 g/mol. The lowest BCUT2D eigenvalue weighted by Crippen LogP contribution is -2.03. The van der Waals surface area contributed by atoms with Gasteiger partial charge in [-0.2, -0.15) is 0 Å². The Balaban J connectivity index is 2.21. The molecule has 0 spiro atoms. The first kappa shape index (κ1) is 13.9. The van der Waals surface area contributed by atoms with Gasteiger partial charge in [0.25, 0.3) is 0 Å². The average molecular weight is 257 g/mol. The SMILES string of the molecule is CCCCC(CC)Cc1cc2ncccc2cc1O. The summed E-state index contributed by atoms with van der Waals surface area (Å²) >= 11 is 0. The minimum atomic E-state index is 0.412. The number of hydrogen-bond acceptors (Lipinski definition) is 2. The van der Waals surface area contributed by atoms with Crippen LogP contribution in [0.3, 0.4) is 0 Å². The molecular formula is C17H23NO. The Hall–Kier alpha value is -1.57. The summed E-state index contributed by atoms with van der Waals surface area (Å²) in [5.41, 5.74) is 2.01. The summed E-state index contributed by atoms with van der Waals surface area (Å²) in [6.07, 6.45) is 7.67. The number of phenols is 1. The number of aromatic hydroxyl groups is 1. The van der Waals surface area contributed by atoms with E-state index in [0.29, 0.717) is 11.7 Å². The van der Waals surface area contributed by atoms with Crippen LogP contribution in [0, 0.1) is 5.92 Å². The fourth-order valence-corrected chi connectivity index (χ4v) is 2.57. The molecule has 0 aliphatic heterocycles. The zero-order chi connectivity index (χ0) is 13.7. The highest BCUT2D eigenvalue weighted by Crippen LogP contribution is 2.28. The summed E-state index contributed by atoms with van der Waals surface area (Å²) in [7, 11) is 0. The molecule has 0 saturated carbocycles. The summed E-state index contributed by atoms with van der Waals surface area (Å²) in [6.45, 7) is 4.46. The van der Waals surface area contributed by atoms with Gasteiger partial charge in [-0.1, -0.05) is 45.6 Å². The lowest BCUT2D eigenvalue weighted by atomic mass is 9.91. The van der Waals surface area contributed by atoms with Crippen molar-refractivity contribution in [2.45, 2.75) is 46.0 Å². The van der Waals surface area contributed by atoms with Gasteiger partial charge in [0.05, 0.1) is 5.52 Å². The highest BCUT2D eigenvalue weighted by atomic mass is 16.3. The number of benzene rings is 1. The van der Waals surface area contributed by atoms with E-state index in [-0.39, 0.29) is 0 Å². The van der Waals surface area contributed by atoms with Crippen molar-refractivity contribution in [2.75, 3.05) is 0 Å². The Labute approximate surface area is 115 Å². The highest BCUT2D eigenvalue weighted by Gasteiger charge is 2.11. The van der Waals surface area contributed by atoms with E-state index in [4.69, 9.17) is 0 Å². The first-order chi connectivity index (χ1) is 9.24. The zero-order valence-electron chi connectivity index (χ0n) is 11.9. The molecule has 1 atom stereocenters. The van der Waals surface area contributed by atoms with Gasteiger partial charge in [-0.3, -0.25) is 4.98 Å². The maximum atomic E-state index is 10.2. The molecule has 2 nitrogen and oxygen atoms in total. The van der Waals surface area contributed by atoms with Crippen LogP contribution in [0.4, 0.5) is 0 Å². The van der Waals surface area contributed by atoms with Crippen molar-refractivity contribution in [3.63, 3.8) is 0 Å². The van der Waals surface area contributed by atoms with Crippen LogP contribution in [-0.4, -0.2) is 10.1 Å². The molecule has 0 radical (unpaired) electrons. The van der Waals surface area contributed by atoms with Gasteiger partial charge >= 0.3 is 0 Å². The van der Waals surface area contributed by atoms with Gasteiger partial charge in [0, 0.05) is 11.6 Å². The molecule has 1 aromatic carbocycles. The first-order valence-corrected chi connectivity index (χ1v) is 7.31. The van der Waals surface area contributed by atoms with Gasteiger partial charge in [0.15, 0.2) is 0 Å². The number of aromatic nitrogens is 1. The third-order valence-corrected chi connectivity index (χ3v) is 3.86. The minimum Gasteiger partial charge on any atom is -0.508 e. The Morgan fingerprint density at radius 3 is 2.84 bits per heavy atom. The zero-order valence-corrected chi connectivity index (χ0v) is 11.9. The molecule has 19 heavy (non-hydrogen) atoms. The van der Waals surface area contributed by atoms with Gasteiger partial charge in [-0.05, 0) is 36.1 Å². The van der Waals surface area contributed by atoms with Crippen LogP contribution < -0.4 is 0 Å². The molecule has 0 fully saturated rings. The van der Waals surface area contributed by atoms with E-state index in [1.807, 2.05) is 24.3 Å². The summed E-state index contributed by atoms with van der Waals surface area (Å²) in [5, 5.41) is 11.2. The topological polar surface area (TPSA) is 33.1 Å². The lowest BCUT2D eigenvalue weighted by molar-refractivity contribution is 0.427. The molecule has 0 aliphatic carbocycles. The molecular weight excluding hydrogens is 234 g/mol. The molecule has 0 bridgehead atoms. The largest absolute Gasteiger partial charge is 0.508 e. The van der Waals surface area contributed by atoms with E-state index in [9.17, 15) is 5.11 Å². The van der Waals surface area contributed by atoms with Crippen LogP contribution >= 0.6 is 0 Å². The van der Waals surface area contributed by atoms with Crippen LogP contribution in [0.25, 0.3) is 10.9 Å². The number of hydrogen-bond donors (Lipinski definition) is 1. The number of unbranched alkanes of at least 4 members (excludes halogenated alkanes) is 1. The van der Waals surface area contributed by atoms with Gasteiger partial charge in [0.1, 0.15) is 5.75 Å². The van der Waals surface area contributed by atoms with Gasteiger partial charge in [-0.15, -0.1) is 0 Å². The van der Waals surface area contributed by atoms with Gasteiger partial charge < -0.3 is 5.11 Å². The molecule has 2 rings (SSSR count). The predicted molar refractivity (Wildman–Crippen MR) is 80.4 cm³/mol. The normalized spacial score (nSPS) is 12.7. The molecule has 1 N–H and O–H groups in total. The van der Waals surface area contributed by atoms with Crippen molar-refractivity contribution in [3.05, 3.63) is 36.0 Å². The Morgan fingerprint density at radius 1 is 1.26 bits per heavy atom. The smallest absolute Gasteiger partial charge is 0.119 e. The number of phenolic OH excluding ortho intramolecular Hbond substituents is 1. The van der Waals surface area contributed by atoms with Crippen molar-refractivity contribution in [1.82, 2.24) is 4.98 Å². The lowest BCUT2D eigenvalue weighted by Gasteiger charge is -2.15. The summed E-state index contributed by atoms with van der Waals surface area (Å²) in [5.74, 6) is 1.07. The molecule has 0 amide bonds. The summed E-state index contributed by atoms with van der Waals surface area (Å²) in [4.78, 5) is 4.37. The molecule has 1 unspecified atom stereocenters. The van der Waals surface area contributed by atoms with Crippen molar-refractivity contribution in [2.24, 2.45) is 5.92 Å². The number of nitrogens with zero attached hydrogens (tertiary/aromatic N) is 1. The highest BCUT2D eigenvalue weighted by molar-refractivity contribution is 5.81. The van der Waals surface area contributed by atoms with Crippen molar-refractivity contribution in [3.8, 4) is 5.75 Å². The van der Waals surface area contributed by atoms with E-state index >= 15 is 0 Å². The van der Waals surface area contributed by atoms with Crippen LogP contribution in [0.2, 0.25) is 0 Å². The molecule has 102 valence electrons. The van der Waals surface area contributed by atoms with E-state index in [0.717, 1.165) is 22.9 Å². The van der Waals surface area contributed by atoms with Crippen molar-refractivity contribution >= 4 is 10.9 Å². The van der Waals surface area contributed by atoms with E-state index in [2.05, 4.69) is 18.8 Å². The quantitative estimate of drug-likeness (QED) is 0.813. The van der Waals surface area contributed by atoms with Crippen molar-refractivity contribution < 1.29 is 5.11 Å². The van der Waals surface area contributed by atoms with Crippen molar-refractivity contribution in [1.29, 1.82) is 0 Å². The molecule has 0 aliphatic rings. The third kappa shape index (κ3) is 3.46. The third-order valence-electron chi connectivity index (χ3n) is 3.86. The van der Waals surface area contributed by atoms with Gasteiger partial charge in [0.2, 0.25) is 0 Å². The molecule has 2 aromatic rings. The minimum absolute atomic E-state index is 0.412. The fraction of sp³-hybridized carbons (Fsp3) is 0.471. The van der Waals surface area contributed by atoms with Gasteiger partial charge in [-0.25, -0.2) is 0 Å². The Bertz CT molecular complexity index is 536. The Morgan fingerprint density at radius 2 is 2.11 bits per heavy atom. The molecule has 1 heterocycles. The first-order valence-electron chi connectivity index (χ1n) is 7.31. The second kappa shape index (κ2) is 6.55. The molecule has 2 heteroatoms. The van der Waals surface area contributed by atoms with Crippen LogP contribution in [0.5, 0.6) is 5.75 Å². The molecule has 0 saturated heterocycles. The summed E-state index contributed by atoms with van der Waals surface area (Å²) in [6, 6.07) is 7.77. The number of fused-ring (bicyclic) bond motifs is 1. The van der Waals surface area contributed by atoms with E-state index < -0.39 is 0 Å². The standard InChI is InChI=1S/C17H23NO/c1-3-5-7-13(4-2)10-15-11-16-14(12-17(15)19)8-6-9-18-16/h6,8-9,11-13,19H,3-5,7,10H2,1-2H3. The molecule has 1 aromatic heterocycles. The van der Waals surface area contributed by atoms with E-state index in [1.54, 1.807) is 6.20 Å². The van der Waals surface area contributed by atoms with Crippen LogP contribution in [0.15, 0.2) is 30.5 Å². The summed E-state index contributed by atoms with van der Waals surface area (Å²) < 4.78 is 0. The van der Waals surface area contributed by atoms with Crippen LogP contribution in [-0.2, 0) is 6.42 Å². The Kier molecular flexibility index (Phi) is 4.78. The predicted octanol–water partition coefficient (Wildman–Crippen LogP) is 4.70. The number of rotatable bonds is 6. The van der Waals surface area contributed by atoms with Crippen LogP contribution in [0.1, 0.15) is 45.1 Å². The second-order valence-electron chi connectivity index (χ2n) is 5.30.